The van der Waals surface area contributed by atoms with Crippen molar-refractivity contribution < 1.29 is 23.9 Å². The lowest BCUT2D eigenvalue weighted by molar-refractivity contribution is -0.116. The van der Waals surface area contributed by atoms with Crippen LogP contribution in [-0.2, 0) is 9.59 Å². The molecule has 10 heteroatoms. The Morgan fingerprint density at radius 3 is 2.19 bits per heavy atom. The molecule has 1 unspecified atom stereocenters. The predicted molar refractivity (Wildman–Crippen MR) is 192 cm³/mol. The molecule has 1 aliphatic rings. The second kappa shape index (κ2) is 15.5. The topological polar surface area (TPSA) is 106 Å². The van der Waals surface area contributed by atoms with Crippen LogP contribution in [0.1, 0.15) is 26.7 Å². The van der Waals surface area contributed by atoms with Gasteiger partial charge in [0.15, 0.2) is 11.5 Å². The number of hydrogen-bond acceptors (Lipinski definition) is 6. The van der Waals surface area contributed by atoms with Crippen LogP contribution in [0, 0.1) is 0 Å². The quantitative estimate of drug-likeness (QED) is 0.0995. The molecule has 0 spiro atoms. The van der Waals surface area contributed by atoms with E-state index in [0.29, 0.717) is 41.7 Å². The van der Waals surface area contributed by atoms with Crippen molar-refractivity contribution in [3.8, 4) is 11.5 Å². The molecule has 48 heavy (non-hydrogen) atoms. The first kappa shape index (κ1) is 32.6. The SMILES string of the molecule is O=C(Nc1cccc(SC(C(=O)Nc2ccc3c(c2)OCCO3)c2ccccc2)c1)/C(=C\c1cccc(Br)c1)NC(=O)c1ccccc1. The largest absolute Gasteiger partial charge is 0.486 e. The molecule has 1 heterocycles. The van der Waals surface area contributed by atoms with Gasteiger partial charge in [0.2, 0.25) is 5.91 Å². The molecule has 8 nitrogen and oxygen atoms in total. The molecule has 3 amide bonds. The summed E-state index contributed by atoms with van der Waals surface area (Å²) in [6.45, 7) is 0.927. The van der Waals surface area contributed by atoms with E-state index in [0.717, 1.165) is 20.5 Å². The molecule has 5 aromatic carbocycles. The second-order valence-electron chi connectivity index (χ2n) is 10.7. The molecule has 0 aliphatic carbocycles. The number of halogens is 1. The van der Waals surface area contributed by atoms with Gasteiger partial charge in [-0.2, -0.15) is 0 Å². The Morgan fingerprint density at radius 1 is 0.708 bits per heavy atom. The van der Waals surface area contributed by atoms with E-state index in [1.54, 1.807) is 66.7 Å². The van der Waals surface area contributed by atoms with Gasteiger partial charge >= 0.3 is 0 Å². The first-order valence-electron chi connectivity index (χ1n) is 15.1. The lowest BCUT2D eigenvalue weighted by Crippen LogP contribution is -2.30. The highest BCUT2D eigenvalue weighted by atomic mass is 79.9. The van der Waals surface area contributed by atoms with E-state index in [1.807, 2.05) is 66.7 Å². The summed E-state index contributed by atoms with van der Waals surface area (Å²) in [5.41, 5.74) is 3.12. The highest BCUT2D eigenvalue weighted by Gasteiger charge is 2.24. The van der Waals surface area contributed by atoms with E-state index in [1.165, 1.54) is 11.8 Å². The zero-order chi connectivity index (χ0) is 33.3. The lowest BCUT2D eigenvalue weighted by atomic mass is 10.1. The molecule has 1 atom stereocenters. The molecule has 6 rings (SSSR count). The molecule has 0 radical (unpaired) electrons. The van der Waals surface area contributed by atoms with Crippen LogP contribution in [0.15, 0.2) is 142 Å². The average molecular weight is 721 g/mol. The first-order chi connectivity index (χ1) is 23.4. The smallest absolute Gasteiger partial charge is 0.272 e. The summed E-state index contributed by atoms with van der Waals surface area (Å²) >= 11 is 4.81. The third kappa shape index (κ3) is 8.52. The van der Waals surface area contributed by atoms with E-state index in [-0.39, 0.29) is 11.6 Å². The van der Waals surface area contributed by atoms with E-state index < -0.39 is 17.1 Å². The summed E-state index contributed by atoms with van der Waals surface area (Å²) < 4.78 is 12.1. The van der Waals surface area contributed by atoms with Crippen molar-refractivity contribution >= 4 is 62.9 Å². The van der Waals surface area contributed by atoms with Crippen LogP contribution >= 0.6 is 27.7 Å². The standard InChI is InChI=1S/C38H30BrN3O5S/c39-28-14-7-9-25(21-28)22-32(42-36(43)27-12-5-2-6-13-27)37(44)40-29-15-8-16-31(23-29)48-35(26-10-3-1-4-11-26)38(45)41-30-17-18-33-34(24-30)47-20-19-46-33/h1-18,21-24,35H,19-20H2,(H,40,44)(H,41,45)(H,42,43)/b32-22+. The van der Waals surface area contributed by atoms with Crippen molar-refractivity contribution in [1.29, 1.82) is 0 Å². The normalized spacial score (nSPS) is 12.8. The van der Waals surface area contributed by atoms with Crippen molar-refractivity contribution in [3.05, 3.63) is 154 Å². The summed E-state index contributed by atoms with van der Waals surface area (Å²) in [6.07, 6.45) is 1.62. The number of carbonyl (C=O) groups is 3. The third-order valence-electron chi connectivity index (χ3n) is 7.18. The maximum absolute atomic E-state index is 13.7. The van der Waals surface area contributed by atoms with E-state index >= 15 is 0 Å². The van der Waals surface area contributed by atoms with Gasteiger partial charge in [-0.1, -0.05) is 82.7 Å². The monoisotopic (exact) mass is 719 g/mol. The number of carbonyl (C=O) groups excluding carboxylic acids is 3. The van der Waals surface area contributed by atoms with Crippen molar-refractivity contribution in [2.45, 2.75) is 10.1 Å². The molecule has 0 fully saturated rings. The molecular weight excluding hydrogens is 690 g/mol. The maximum Gasteiger partial charge on any atom is 0.272 e. The fourth-order valence-electron chi connectivity index (χ4n) is 4.92. The number of benzene rings is 5. The Hall–Kier alpha value is -5.32. The van der Waals surface area contributed by atoms with Crippen LogP contribution in [-0.4, -0.2) is 30.9 Å². The highest BCUT2D eigenvalue weighted by Crippen LogP contribution is 2.38. The Morgan fingerprint density at radius 2 is 1.42 bits per heavy atom. The molecule has 1 aliphatic heterocycles. The maximum atomic E-state index is 13.7. The Bertz CT molecular complexity index is 1970. The van der Waals surface area contributed by atoms with Crippen molar-refractivity contribution in [1.82, 2.24) is 5.32 Å². The van der Waals surface area contributed by atoms with E-state index in [2.05, 4.69) is 31.9 Å². The molecule has 0 aromatic heterocycles. The number of rotatable bonds is 10. The average Bonchev–Trinajstić information content (AvgIpc) is 3.11. The molecule has 0 bridgehead atoms. The fourth-order valence-corrected chi connectivity index (χ4v) is 6.42. The highest BCUT2D eigenvalue weighted by molar-refractivity contribution is 9.10. The zero-order valence-electron chi connectivity index (χ0n) is 25.5. The minimum Gasteiger partial charge on any atom is -0.486 e. The zero-order valence-corrected chi connectivity index (χ0v) is 27.9. The van der Waals surface area contributed by atoms with Gasteiger partial charge in [0.05, 0.1) is 0 Å². The minimum atomic E-state index is -0.609. The molecule has 3 N–H and O–H groups in total. The molecule has 240 valence electrons. The molecule has 0 saturated heterocycles. The van der Waals surface area contributed by atoms with Crippen molar-refractivity contribution in [2.75, 3.05) is 23.8 Å². The van der Waals surface area contributed by atoms with E-state index in [4.69, 9.17) is 9.47 Å². The minimum absolute atomic E-state index is 0.0704. The fraction of sp³-hybridized carbons (Fsp3) is 0.0789. The van der Waals surface area contributed by atoms with Gasteiger partial charge in [-0.25, -0.2) is 0 Å². The predicted octanol–water partition coefficient (Wildman–Crippen LogP) is 8.10. The summed E-state index contributed by atoms with van der Waals surface area (Å²) in [4.78, 5) is 41.2. The van der Waals surface area contributed by atoms with Crippen LogP contribution < -0.4 is 25.4 Å². The number of thioether (sulfide) groups is 1. The van der Waals surface area contributed by atoms with Gasteiger partial charge in [-0.3, -0.25) is 14.4 Å². The van der Waals surface area contributed by atoms with Gasteiger partial charge in [-0.15, -0.1) is 11.8 Å². The van der Waals surface area contributed by atoms with Crippen LogP contribution in [0.3, 0.4) is 0 Å². The van der Waals surface area contributed by atoms with Gasteiger partial charge in [-0.05, 0) is 71.8 Å². The van der Waals surface area contributed by atoms with Gasteiger partial charge in [0, 0.05) is 32.4 Å². The summed E-state index contributed by atoms with van der Waals surface area (Å²) in [5.74, 6) is 0.0876. The number of amides is 3. The molecule has 5 aromatic rings. The Balaban J connectivity index is 1.22. The van der Waals surface area contributed by atoms with E-state index in [9.17, 15) is 14.4 Å². The second-order valence-corrected chi connectivity index (χ2v) is 12.8. The Labute approximate surface area is 290 Å². The lowest BCUT2D eigenvalue weighted by Gasteiger charge is -2.20. The van der Waals surface area contributed by atoms with Gasteiger partial charge in [0.1, 0.15) is 24.2 Å². The van der Waals surface area contributed by atoms with Crippen LogP contribution in [0.5, 0.6) is 11.5 Å². The van der Waals surface area contributed by atoms with Crippen LogP contribution in [0.25, 0.3) is 6.08 Å². The number of nitrogens with one attached hydrogen (secondary N) is 3. The van der Waals surface area contributed by atoms with Crippen LogP contribution in [0.4, 0.5) is 11.4 Å². The molecular formula is C38H30BrN3O5S. The third-order valence-corrected chi connectivity index (χ3v) is 8.93. The number of fused-ring (bicyclic) bond motifs is 1. The summed E-state index contributed by atoms with van der Waals surface area (Å²) in [6, 6.07) is 38.1. The van der Waals surface area contributed by atoms with Crippen molar-refractivity contribution in [2.24, 2.45) is 0 Å². The van der Waals surface area contributed by atoms with Gasteiger partial charge < -0.3 is 25.4 Å². The number of anilines is 2. The first-order valence-corrected chi connectivity index (χ1v) is 16.8. The molecule has 0 saturated carbocycles. The van der Waals surface area contributed by atoms with Gasteiger partial charge in [0.25, 0.3) is 11.8 Å². The number of hydrogen-bond donors (Lipinski definition) is 3. The summed E-state index contributed by atoms with van der Waals surface area (Å²) in [7, 11) is 0. The van der Waals surface area contributed by atoms with Crippen LogP contribution in [0.2, 0.25) is 0 Å². The Kier molecular flexibility index (Phi) is 10.5. The summed E-state index contributed by atoms with van der Waals surface area (Å²) in [5, 5.41) is 8.08. The number of ether oxygens (including phenoxy) is 2. The van der Waals surface area contributed by atoms with Crippen molar-refractivity contribution in [3.63, 3.8) is 0 Å².